The number of aliphatic hydroxyl groups excluding tert-OH is 1. The molecule has 0 aliphatic heterocycles. The Morgan fingerprint density at radius 2 is 1.04 bits per heavy atom. The van der Waals surface area contributed by atoms with Crippen LogP contribution in [0.3, 0.4) is 0 Å². The summed E-state index contributed by atoms with van der Waals surface area (Å²) in [6, 6.07) is 7.06. The number of rotatable bonds is 19. The van der Waals surface area contributed by atoms with Crippen LogP contribution < -0.4 is 10.0 Å². The minimum atomic E-state index is 0.00681. The van der Waals surface area contributed by atoms with Gasteiger partial charge in [-0.25, -0.2) is 0 Å². The lowest BCUT2D eigenvalue weighted by Gasteiger charge is -2.08. The fourth-order valence-corrected chi connectivity index (χ4v) is 2.14. The zero-order valence-corrected chi connectivity index (χ0v) is 16.4. The first-order valence-electron chi connectivity index (χ1n) is 8.92. The smallest absolute Gasteiger partial charge is 0.192 e. The van der Waals surface area contributed by atoms with Crippen molar-refractivity contribution in [2.75, 3.05) is 79.3 Å². The molecule has 0 spiro atoms. The van der Waals surface area contributed by atoms with Crippen LogP contribution in [-0.2, 0) is 28.2 Å². The molecular weight excluding hydrogens is 375 g/mol. The summed E-state index contributed by atoms with van der Waals surface area (Å²) >= 11 is 0. The van der Waals surface area contributed by atoms with Crippen molar-refractivity contribution in [3.8, 4) is 5.75 Å². The van der Waals surface area contributed by atoms with E-state index in [2.05, 4.69) is 0 Å². The van der Waals surface area contributed by atoms with Gasteiger partial charge in [0.1, 0.15) is 12.4 Å². The van der Waals surface area contributed by atoms with Crippen molar-refractivity contribution >= 4 is 13.8 Å². The molecule has 1 rings (SSSR count). The van der Waals surface area contributed by atoms with E-state index in [4.69, 9.17) is 33.5 Å². The highest BCUT2D eigenvalue weighted by atomic mass is 31.1. The summed E-state index contributed by atoms with van der Waals surface area (Å²) in [7, 11) is 0.00681. The van der Waals surface area contributed by atoms with Gasteiger partial charge in [-0.05, 0) is 24.3 Å². The van der Waals surface area contributed by atoms with Gasteiger partial charge in [-0.1, -0.05) is 0 Å². The summed E-state index contributed by atoms with van der Waals surface area (Å²) in [5, 5.41) is 9.24. The topological polar surface area (TPSA) is 92.7 Å². The molecular formula is C18H29O8P. The van der Waals surface area contributed by atoms with E-state index in [1.54, 1.807) is 24.3 Å². The summed E-state index contributed by atoms with van der Waals surface area (Å²) in [5.74, 6) is 0.723. The number of benzene rings is 1. The largest absolute Gasteiger partial charge is 0.491 e. The van der Waals surface area contributed by atoms with Crippen LogP contribution in [0, 0.1) is 0 Å². The first kappa shape index (κ1) is 23.9. The standard InChI is InChI=1S/C18H29O8P/c19-5-6-21-7-8-22-9-10-23-11-12-24-13-14-25-15-16-26-17-1-3-18(27-20)4-2-17/h1-4,19H,5-16H2. The van der Waals surface area contributed by atoms with Crippen molar-refractivity contribution in [3.63, 3.8) is 0 Å². The molecule has 1 aromatic rings. The molecule has 0 bridgehead atoms. The molecule has 0 radical (unpaired) electrons. The number of hydrogen-bond acceptors (Lipinski definition) is 8. The van der Waals surface area contributed by atoms with E-state index in [1.165, 1.54) is 0 Å². The number of ether oxygens (including phenoxy) is 6. The molecule has 0 aliphatic rings. The quantitative estimate of drug-likeness (QED) is 0.270. The van der Waals surface area contributed by atoms with Crippen molar-refractivity contribution < 1.29 is 38.1 Å². The van der Waals surface area contributed by atoms with Gasteiger partial charge < -0.3 is 33.5 Å². The van der Waals surface area contributed by atoms with E-state index in [0.29, 0.717) is 72.7 Å². The molecule has 9 heteroatoms. The van der Waals surface area contributed by atoms with Gasteiger partial charge in [-0.3, -0.25) is 4.57 Å². The Morgan fingerprint density at radius 3 is 1.44 bits per heavy atom. The molecule has 154 valence electrons. The van der Waals surface area contributed by atoms with E-state index < -0.39 is 0 Å². The van der Waals surface area contributed by atoms with Crippen molar-refractivity contribution in [2.45, 2.75) is 0 Å². The van der Waals surface area contributed by atoms with E-state index in [0.717, 1.165) is 11.1 Å². The Labute approximate surface area is 161 Å². The summed E-state index contributed by atoms with van der Waals surface area (Å²) in [4.78, 5) is 0. The van der Waals surface area contributed by atoms with Gasteiger partial charge in [-0.2, -0.15) is 0 Å². The van der Waals surface area contributed by atoms with Gasteiger partial charge in [-0.15, -0.1) is 0 Å². The Hall–Kier alpha value is -1.12. The Kier molecular flexibility index (Phi) is 16.2. The number of aliphatic hydroxyl groups is 1. The Balaban J connectivity index is 1.76. The number of hydrogen-bond donors (Lipinski definition) is 1. The summed E-state index contributed by atoms with van der Waals surface area (Å²) in [6.07, 6.45) is 0. The lowest BCUT2D eigenvalue weighted by Crippen LogP contribution is -2.14. The molecule has 0 atom stereocenters. The van der Waals surface area contributed by atoms with Crippen LogP contribution in [0.25, 0.3) is 0 Å². The first-order chi connectivity index (χ1) is 13.4. The molecule has 0 aromatic heterocycles. The molecule has 8 nitrogen and oxygen atoms in total. The van der Waals surface area contributed by atoms with Crippen molar-refractivity contribution in [1.29, 1.82) is 0 Å². The third-order valence-corrected chi connectivity index (χ3v) is 3.67. The molecule has 0 heterocycles. The fraction of sp³-hybridized carbons (Fsp3) is 0.667. The van der Waals surface area contributed by atoms with Crippen LogP contribution in [0.5, 0.6) is 5.75 Å². The minimum absolute atomic E-state index is 0.00681. The van der Waals surface area contributed by atoms with E-state index in [9.17, 15) is 4.57 Å². The third kappa shape index (κ3) is 14.6. The Morgan fingerprint density at radius 1 is 0.630 bits per heavy atom. The highest BCUT2D eigenvalue weighted by molar-refractivity contribution is 7.34. The van der Waals surface area contributed by atoms with E-state index >= 15 is 0 Å². The maximum atomic E-state index is 10.6. The van der Waals surface area contributed by atoms with Gasteiger partial charge in [0.25, 0.3) is 0 Å². The predicted molar refractivity (Wildman–Crippen MR) is 100 cm³/mol. The highest BCUT2D eigenvalue weighted by Gasteiger charge is 1.96. The molecule has 0 fully saturated rings. The Bertz CT molecular complexity index is 457. The zero-order valence-electron chi connectivity index (χ0n) is 15.5. The van der Waals surface area contributed by atoms with Crippen molar-refractivity contribution in [1.82, 2.24) is 0 Å². The summed E-state index contributed by atoms with van der Waals surface area (Å²) in [5.41, 5.74) is 0. The molecule has 1 N–H and O–H groups in total. The average Bonchev–Trinajstić information content (AvgIpc) is 2.70. The van der Waals surface area contributed by atoms with Crippen molar-refractivity contribution in [3.05, 3.63) is 24.3 Å². The summed E-state index contributed by atoms with van der Waals surface area (Å²) < 4.78 is 42.7. The second kappa shape index (κ2) is 18.3. The lowest BCUT2D eigenvalue weighted by atomic mass is 10.3. The highest BCUT2D eigenvalue weighted by Crippen LogP contribution is 2.09. The molecule has 0 saturated heterocycles. The second-order valence-electron chi connectivity index (χ2n) is 5.22. The lowest BCUT2D eigenvalue weighted by molar-refractivity contribution is -0.0146. The molecule has 0 unspecified atom stereocenters. The van der Waals surface area contributed by atoms with Gasteiger partial charge in [0.2, 0.25) is 0 Å². The minimum Gasteiger partial charge on any atom is -0.491 e. The molecule has 0 amide bonds. The van der Waals surface area contributed by atoms with Crippen LogP contribution in [0.2, 0.25) is 0 Å². The van der Waals surface area contributed by atoms with Crippen LogP contribution >= 0.6 is 8.46 Å². The van der Waals surface area contributed by atoms with Crippen LogP contribution in [-0.4, -0.2) is 84.4 Å². The van der Waals surface area contributed by atoms with Crippen molar-refractivity contribution in [2.24, 2.45) is 0 Å². The van der Waals surface area contributed by atoms with E-state index in [-0.39, 0.29) is 15.1 Å². The monoisotopic (exact) mass is 404 g/mol. The maximum Gasteiger partial charge on any atom is 0.192 e. The van der Waals surface area contributed by atoms with Gasteiger partial charge in [0.15, 0.2) is 8.46 Å². The molecule has 0 aliphatic carbocycles. The zero-order chi connectivity index (χ0) is 19.4. The van der Waals surface area contributed by atoms with Gasteiger partial charge >= 0.3 is 0 Å². The maximum absolute atomic E-state index is 10.6. The molecule has 1 aromatic carbocycles. The van der Waals surface area contributed by atoms with Crippen LogP contribution in [0.15, 0.2) is 24.3 Å². The van der Waals surface area contributed by atoms with Crippen LogP contribution in [0.4, 0.5) is 0 Å². The average molecular weight is 404 g/mol. The second-order valence-corrected chi connectivity index (χ2v) is 5.92. The fourth-order valence-electron chi connectivity index (χ4n) is 1.87. The predicted octanol–water partition coefficient (Wildman–Crippen LogP) is 1.06. The molecule has 27 heavy (non-hydrogen) atoms. The van der Waals surface area contributed by atoms with Gasteiger partial charge in [0.05, 0.1) is 72.7 Å². The first-order valence-corrected chi connectivity index (χ1v) is 9.74. The van der Waals surface area contributed by atoms with E-state index in [1.807, 2.05) is 0 Å². The van der Waals surface area contributed by atoms with Gasteiger partial charge in [0, 0.05) is 5.30 Å². The summed E-state index contributed by atoms with van der Waals surface area (Å²) in [6.45, 7) is 5.27. The normalized spacial score (nSPS) is 11.1. The van der Waals surface area contributed by atoms with Crippen LogP contribution in [0.1, 0.15) is 0 Å². The third-order valence-electron chi connectivity index (χ3n) is 3.16. The molecule has 0 saturated carbocycles. The SMILES string of the molecule is O=Pc1ccc(OCCOCCOCCOCCOCCOCCO)cc1.